The molecule has 0 spiro atoms. The van der Waals surface area contributed by atoms with Crippen LogP contribution in [0, 0.1) is 17.8 Å². The highest BCUT2D eigenvalue weighted by molar-refractivity contribution is 5.80. The van der Waals surface area contributed by atoms with E-state index in [1.165, 1.54) is 24.0 Å². The van der Waals surface area contributed by atoms with Gasteiger partial charge in [-0.15, -0.1) is 0 Å². The van der Waals surface area contributed by atoms with Gasteiger partial charge in [-0.05, 0) is 42.2 Å². The Kier molecular flexibility index (Phi) is 5.06. The summed E-state index contributed by atoms with van der Waals surface area (Å²) in [5.74, 6) is 1.24. The number of morpholine rings is 1. The van der Waals surface area contributed by atoms with Gasteiger partial charge in [0.2, 0.25) is 5.91 Å². The molecule has 4 rings (SSSR count). The number of ether oxygens (including phenoxy) is 1. The number of fused-ring (bicyclic) bond motifs is 2. The molecule has 5 nitrogen and oxygen atoms in total. The number of carbonyl (C=O) groups excluding carboxylic acids is 1. The van der Waals surface area contributed by atoms with Crippen LogP contribution in [-0.4, -0.2) is 43.2 Å². The van der Waals surface area contributed by atoms with Crippen LogP contribution in [0.5, 0.6) is 0 Å². The van der Waals surface area contributed by atoms with Gasteiger partial charge in [-0.1, -0.05) is 24.3 Å². The second-order valence-electron chi connectivity index (χ2n) is 7.81. The van der Waals surface area contributed by atoms with Gasteiger partial charge in [-0.2, -0.15) is 0 Å². The van der Waals surface area contributed by atoms with Crippen LogP contribution in [0.25, 0.3) is 0 Å². The first-order chi connectivity index (χ1) is 12.2. The molecule has 1 saturated heterocycles. The maximum absolute atomic E-state index is 12.7. The van der Waals surface area contributed by atoms with Crippen molar-refractivity contribution in [1.29, 1.82) is 0 Å². The van der Waals surface area contributed by atoms with Crippen LogP contribution in [0.15, 0.2) is 24.3 Å². The van der Waals surface area contributed by atoms with Gasteiger partial charge >= 0.3 is 0 Å². The van der Waals surface area contributed by atoms with E-state index >= 15 is 0 Å². The van der Waals surface area contributed by atoms with Gasteiger partial charge in [0.15, 0.2) is 0 Å². The summed E-state index contributed by atoms with van der Waals surface area (Å²) in [6.07, 6.45) is 3.52. The fourth-order valence-electron chi connectivity index (χ4n) is 4.91. The molecular weight excluding hydrogens is 314 g/mol. The van der Waals surface area contributed by atoms with Crippen LogP contribution in [0.3, 0.4) is 0 Å². The van der Waals surface area contributed by atoms with E-state index in [0.717, 1.165) is 39.3 Å². The Balaban J connectivity index is 1.37. The van der Waals surface area contributed by atoms with Crippen molar-refractivity contribution in [3.05, 3.63) is 35.4 Å². The zero-order chi connectivity index (χ0) is 17.2. The number of benzene rings is 1. The molecule has 1 aromatic rings. The van der Waals surface area contributed by atoms with Gasteiger partial charge in [0.25, 0.3) is 0 Å². The SMILES string of the molecule is NC1C2CCC(C2)C1C(=O)NCc1ccccc1CN1CCOCC1. The molecule has 136 valence electrons. The second kappa shape index (κ2) is 7.44. The molecule has 1 aromatic carbocycles. The maximum Gasteiger partial charge on any atom is 0.225 e. The van der Waals surface area contributed by atoms with E-state index in [0.29, 0.717) is 18.4 Å². The minimum absolute atomic E-state index is 0.0187. The van der Waals surface area contributed by atoms with Gasteiger partial charge < -0.3 is 15.8 Å². The molecule has 5 heteroatoms. The number of nitrogens with one attached hydrogen (secondary N) is 1. The van der Waals surface area contributed by atoms with Crippen LogP contribution in [0.1, 0.15) is 30.4 Å². The lowest BCUT2D eigenvalue weighted by Gasteiger charge is -2.28. The summed E-state index contributed by atoms with van der Waals surface area (Å²) in [6.45, 7) is 5.08. The van der Waals surface area contributed by atoms with Crippen LogP contribution >= 0.6 is 0 Å². The lowest BCUT2D eigenvalue weighted by molar-refractivity contribution is -0.127. The number of nitrogens with two attached hydrogens (primary N) is 1. The lowest BCUT2D eigenvalue weighted by atomic mass is 9.84. The van der Waals surface area contributed by atoms with Gasteiger partial charge in [0, 0.05) is 32.2 Å². The lowest BCUT2D eigenvalue weighted by Crippen LogP contribution is -2.45. The third kappa shape index (κ3) is 3.59. The molecule has 25 heavy (non-hydrogen) atoms. The van der Waals surface area contributed by atoms with Crippen molar-refractivity contribution >= 4 is 5.91 Å². The Morgan fingerprint density at radius 2 is 1.88 bits per heavy atom. The van der Waals surface area contributed by atoms with E-state index in [4.69, 9.17) is 10.5 Å². The summed E-state index contributed by atoms with van der Waals surface area (Å²) >= 11 is 0. The minimum Gasteiger partial charge on any atom is -0.379 e. The Bertz CT molecular complexity index is 613. The summed E-state index contributed by atoms with van der Waals surface area (Å²) < 4.78 is 5.43. The number of nitrogens with zero attached hydrogens (tertiary/aromatic N) is 1. The minimum atomic E-state index is 0.0187. The maximum atomic E-state index is 12.7. The third-order valence-corrected chi connectivity index (χ3v) is 6.35. The molecule has 2 saturated carbocycles. The third-order valence-electron chi connectivity index (χ3n) is 6.35. The van der Waals surface area contributed by atoms with E-state index in [1.54, 1.807) is 0 Å². The zero-order valence-corrected chi connectivity index (χ0v) is 14.8. The molecular formula is C20H29N3O2. The highest BCUT2D eigenvalue weighted by Crippen LogP contribution is 2.47. The molecule has 0 aromatic heterocycles. The van der Waals surface area contributed by atoms with Crippen molar-refractivity contribution in [1.82, 2.24) is 10.2 Å². The van der Waals surface area contributed by atoms with Crippen molar-refractivity contribution in [3.63, 3.8) is 0 Å². The topological polar surface area (TPSA) is 67.6 Å². The van der Waals surface area contributed by atoms with Gasteiger partial charge in [-0.25, -0.2) is 0 Å². The van der Waals surface area contributed by atoms with Crippen LogP contribution in [0.4, 0.5) is 0 Å². The fourth-order valence-corrected chi connectivity index (χ4v) is 4.91. The summed E-state index contributed by atoms with van der Waals surface area (Å²) in [5, 5.41) is 3.17. The van der Waals surface area contributed by atoms with E-state index in [1.807, 2.05) is 6.07 Å². The number of rotatable bonds is 5. The van der Waals surface area contributed by atoms with Crippen molar-refractivity contribution < 1.29 is 9.53 Å². The predicted octanol–water partition coefficient (Wildman–Crippen LogP) is 1.51. The summed E-state index contributed by atoms with van der Waals surface area (Å²) in [7, 11) is 0. The van der Waals surface area contributed by atoms with E-state index < -0.39 is 0 Å². The Morgan fingerprint density at radius 3 is 2.60 bits per heavy atom. The average Bonchev–Trinajstić information content (AvgIpc) is 3.23. The Labute approximate surface area is 149 Å². The highest BCUT2D eigenvalue weighted by atomic mass is 16.5. The first-order valence-electron chi connectivity index (χ1n) is 9.62. The Hall–Kier alpha value is -1.43. The first-order valence-corrected chi connectivity index (χ1v) is 9.62. The Morgan fingerprint density at radius 1 is 1.16 bits per heavy atom. The molecule has 2 bridgehead atoms. The quantitative estimate of drug-likeness (QED) is 0.850. The van der Waals surface area contributed by atoms with E-state index in [2.05, 4.69) is 28.4 Å². The van der Waals surface area contributed by atoms with Crippen molar-refractivity contribution in [2.24, 2.45) is 23.5 Å². The number of hydrogen-bond donors (Lipinski definition) is 2. The van der Waals surface area contributed by atoms with Gasteiger partial charge in [0.05, 0.1) is 19.1 Å². The number of amides is 1. The largest absolute Gasteiger partial charge is 0.379 e. The standard InChI is InChI=1S/C20H29N3O2/c21-19-15-6-5-14(11-15)18(19)20(24)22-12-16-3-1-2-4-17(16)13-23-7-9-25-10-8-23/h1-4,14-15,18-19H,5-13,21H2,(H,22,24). The van der Waals surface area contributed by atoms with Gasteiger partial charge in [0.1, 0.15) is 0 Å². The molecule has 1 aliphatic heterocycles. The molecule has 1 heterocycles. The number of hydrogen-bond acceptors (Lipinski definition) is 4. The van der Waals surface area contributed by atoms with Crippen LogP contribution < -0.4 is 11.1 Å². The van der Waals surface area contributed by atoms with Crippen molar-refractivity contribution in [2.75, 3.05) is 26.3 Å². The first kappa shape index (κ1) is 17.0. The second-order valence-corrected chi connectivity index (χ2v) is 7.81. The van der Waals surface area contributed by atoms with E-state index in [-0.39, 0.29) is 17.9 Å². The summed E-state index contributed by atoms with van der Waals surface area (Å²) in [6, 6.07) is 8.47. The van der Waals surface area contributed by atoms with Crippen LogP contribution in [-0.2, 0) is 22.6 Å². The monoisotopic (exact) mass is 343 g/mol. The van der Waals surface area contributed by atoms with Crippen molar-refractivity contribution in [2.45, 2.75) is 38.4 Å². The molecule has 3 N–H and O–H groups in total. The molecule has 4 unspecified atom stereocenters. The smallest absolute Gasteiger partial charge is 0.225 e. The summed E-state index contributed by atoms with van der Waals surface area (Å²) in [4.78, 5) is 15.1. The fraction of sp³-hybridized carbons (Fsp3) is 0.650. The molecule has 2 aliphatic carbocycles. The molecule has 0 radical (unpaired) electrons. The highest BCUT2D eigenvalue weighted by Gasteiger charge is 2.48. The molecule has 1 amide bonds. The zero-order valence-electron chi connectivity index (χ0n) is 14.8. The van der Waals surface area contributed by atoms with E-state index in [9.17, 15) is 4.79 Å². The molecule has 3 aliphatic rings. The average molecular weight is 343 g/mol. The van der Waals surface area contributed by atoms with Crippen molar-refractivity contribution in [3.8, 4) is 0 Å². The molecule has 3 fully saturated rings. The van der Waals surface area contributed by atoms with Gasteiger partial charge in [-0.3, -0.25) is 9.69 Å². The summed E-state index contributed by atoms with van der Waals surface area (Å²) in [5.41, 5.74) is 8.81. The normalized spacial score (nSPS) is 32.0. The van der Waals surface area contributed by atoms with Crippen LogP contribution in [0.2, 0.25) is 0 Å². The predicted molar refractivity (Wildman–Crippen MR) is 96.7 cm³/mol. The molecule has 4 atom stereocenters. The number of carbonyl (C=O) groups is 1.